The highest BCUT2D eigenvalue weighted by molar-refractivity contribution is 7.13. The van der Waals surface area contributed by atoms with Gasteiger partial charge < -0.3 is 5.32 Å². The molecule has 0 bridgehead atoms. The second-order valence-electron chi connectivity index (χ2n) is 3.99. The largest absolute Gasteiger partial charge is 0.325 e. The summed E-state index contributed by atoms with van der Waals surface area (Å²) >= 11 is 1.72. The van der Waals surface area contributed by atoms with E-state index in [1.807, 2.05) is 19.1 Å². The Balaban J connectivity index is 2.10. The molecular weight excluding hydrogens is 218 g/mol. The summed E-state index contributed by atoms with van der Waals surface area (Å²) < 4.78 is 0. The van der Waals surface area contributed by atoms with E-state index in [-0.39, 0.29) is 11.8 Å². The second kappa shape index (κ2) is 3.46. The molecule has 1 aromatic heterocycles. The third kappa shape index (κ3) is 1.36. The van der Waals surface area contributed by atoms with E-state index in [1.54, 1.807) is 11.3 Å². The molecule has 0 saturated carbocycles. The quantitative estimate of drug-likeness (QED) is 0.797. The molecule has 0 aliphatic carbocycles. The van der Waals surface area contributed by atoms with Crippen LogP contribution in [0.2, 0.25) is 0 Å². The van der Waals surface area contributed by atoms with Gasteiger partial charge in [0.05, 0.1) is 5.92 Å². The highest BCUT2D eigenvalue weighted by atomic mass is 32.1. The van der Waals surface area contributed by atoms with Gasteiger partial charge in [0.2, 0.25) is 5.91 Å². The lowest BCUT2D eigenvalue weighted by atomic mass is 10.00. The van der Waals surface area contributed by atoms with Crippen LogP contribution in [0, 0.1) is 0 Å². The maximum atomic E-state index is 11.5. The molecular formula is C13H11NOS. The molecule has 1 aromatic carbocycles. The summed E-state index contributed by atoms with van der Waals surface area (Å²) in [4.78, 5) is 12.8. The Morgan fingerprint density at radius 1 is 1.31 bits per heavy atom. The monoisotopic (exact) mass is 229 g/mol. The molecule has 1 atom stereocenters. The molecule has 2 aromatic rings. The third-order valence-corrected chi connectivity index (χ3v) is 3.89. The molecule has 1 aliphatic heterocycles. The Kier molecular flexibility index (Phi) is 2.07. The van der Waals surface area contributed by atoms with Gasteiger partial charge in [-0.2, -0.15) is 0 Å². The minimum atomic E-state index is -0.0325. The number of rotatable bonds is 1. The van der Waals surface area contributed by atoms with E-state index >= 15 is 0 Å². The molecule has 0 radical (unpaired) electrons. The van der Waals surface area contributed by atoms with Crippen molar-refractivity contribution in [3.63, 3.8) is 0 Å². The minimum absolute atomic E-state index is 0.0325. The van der Waals surface area contributed by atoms with Gasteiger partial charge in [-0.3, -0.25) is 4.79 Å². The topological polar surface area (TPSA) is 29.1 Å². The fourth-order valence-electron chi connectivity index (χ4n) is 2.01. The number of hydrogen-bond acceptors (Lipinski definition) is 2. The van der Waals surface area contributed by atoms with Gasteiger partial charge in [0.15, 0.2) is 0 Å². The van der Waals surface area contributed by atoms with Crippen molar-refractivity contribution in [2.45, 2.75) is 12.8 Å². The Morgan fingerprint density at radius 3 is 2.94 bits per heavy atom. The van der Waals surface area contributed by atoms with E-state index in [0.717, 1.165) is 11.3 Å². The van der Waals surface area contributed by atoms with Crippen LogP contribution >= 0.6 is 11.3 Å². The molecule has 2 nitrogen and oxygen atoms in total. The Labute approximate surface area is 97.9 Å². The molecule has 80 valence electrons. The van der Waals surface area contributed by atoms with Crippen molar-refractivity contribution in [2.24, 2.45) is 0 Å². The second-order valence-corrected chi connectivity index (χ2v) is 4.94. The third-order valence-electron chi connectivity index (χ3n) is 2.97. The molecule has 16 heavy (non-hydrogen) atoms. The fraction of sp³-hybridized carbons (Fsp3) is 0.154. The highest BCUT2D eigenvalue weighted by Gasteiger charge is 2.26. The molecule has 1 aliphatic rings. The molecule has 3 rings (SSSR count). The molecule has 1 amide bonds. The van der Waals surface area contributed by atoms with Crippen molar-refractivity contribution >= 4 is 22.9 Å². The number of anilines is 1. The summed E-state index contributed by atoms with van der Waals surface area (Å²) in [5.41, 5.74) is 3.26. The highest BCUT2D eigenvalue weighted by Crippen LogP contribution is 2.36. The standard InChI is InChI=1S/C13H11NOS/c1-8-10-7-9(12-3-2-6-16-12)4-5-11(10)14-13(8)15/h2-8H,1H3,(H,14,15). The van der Waals surface area contributed by atoms with Gasteiger partial charge in [0.1, 0.15) is 0 Å². The van der Waals surface area contributed by atoms with E-state index in [9.17, 15) is 4.79 Å². The molecule has 0 fully saturated rings. The molecule has 0 spiro atoms. The summed E-state index contributed by atoms with van der Waals surface area (Å²) in [6.07, 6.45) is 0. The number of fused-ring (bicyclic) bond motifs is 1. The van der Waals surface area contributed by atoms with Crippen molar-refractivity contribution < 1.29 is 4.79 Å². The Morgan fingerprint density at radius 2 is 2.19 bits per heavy atom. The number of thiophene rings is 1. The lowest BCUT2D eigenvalue weighted by Gasteiger charge is -2.04. The number of amides is 1. The molecule has 3 heteroatoms. The van der Waals surface area contributed by atoms with Gasteiger partial charge >= 0.3 is 0 Å². The smallest absolute Gasteiger partial charge is 0.231 e. The van der Waals surface area contributed by atoms with Crippen LogP contribution in [0.5, 0.6) is 0 Å². The first-order chi connectivity index (χ1) is 7.75. The van der Waals surface area contributed by atoms with Crippen LogP contribution in [0.25, 0.3) is 10.4 Å². The van der Waals surface area contributed by atoms with Crippen molar-refractivity contribution in [1.82, 2.24) is 0 Å². The van der Waals surface area contributed by atoms with Crippen molar-refractivity contribution in [3.05, 3.63) is 41.3 Å². The van der Waals surface area contributed by atoms with Gasteiger partial charge in [-0.1, -0.05) is 12.1 Å². The Hall–Kier alpha value is -1.61. The predicted octanol–water partition coefficient (Wildman–Crippen LogP) is 3.47. The number of carbonyl (C=O) groups excluding carboxylic acids is 1. The summed E-state index contributed by atoms with van der Waals surface area (Å²) in [6.45, 7) is 1.94. The average Bonchev–Trinajstić information content (AvgIpc) is 2.89. The van der Waals surface area contributed by atoms with Gasteiger partial charge in [0.25, 0.3) is 0 Å². The minimum Gasteiger partial charge on any atom is -0.325 e. The normalized spacial score (nSPS) is 18.3. The van der Waals surface area contributed by atoms with Crippen LogP contribution in [0.4, 0.5) is 5.69 Å². The van der Waals surface area contributed by atoms with E-state index in [2.05, 4.69) is 28.9 Å². The SMILES string of the molecule is CC1C(=O)Nc2ccc(-c3cccs3)cc21. The first-order valence-electron chi connectivity index (χ1n) is 5.24. The van der Waals surface area contributed by atoms with Gasteiger partial charge in [-0.25, -0.2) is 0 Å². The van der Waals surface area contributed by atoms with Crippen molar-refractivity contribution in [1.29, 1.82) is 0 Å². The van der Waals surface area contributed by atoms with Crippen molar-refractivity contribution in [2.75, 3.05) is 5.32 Å². The predicted molar refractivity (Wildman–Crippen MR) is 66.8 cm³/mol. The van der Waals surface area contributed by atoms with E-state index < -0.39 is 0 Å². The fourth-order valence-corrected chi connectivity index (χ4v) is 2.74. The summed E-state index contributed by atoms with van der Waals surface area (Å²) in [5.74, 6) is 0.0632. The molecule has 2 heterocycles. The number of benzene rings is 1. The zero-order valence-electron chi connectivity index (χ0n) is 8.86. The first kappa shape index (κ1) is 9.60. The lowest BCUT2D eigenvalue weighted by Crippen LogP contribution is -2.08. The van der Waals surface area contributed by atoms with Crippen LogP contribution in [0.3, 0.4) is 0 Å². The maximum absolute atomic E-state index is 11.5. The van der Waals surface area contributed by atoms with E-state index in [4.69, 9.17) is 0 Å². The number of hydrogen-bond donors (Lipinski definition) is 1. The van der Waals surface area contributed by atoms with Crippen LogP contribution < -0.4 is 5.32 Å². The van der Waals surface area contributed by atoms with Crippen LogP contribution in [-0.2, 0) is 4.79 Å². The zero-order chi connectivity index (χ0) is 11.1. The van der Waals surface area contributed by atoms with Crippen LogP contribution in [-0.4, -0.2) is 5.91 Å². The lowest BCUT2D eigenvalue weighted by molar-refractivity contribution is -0.116. The van der Waals surface area contributed by atoms with Crippen LogP contribution in [0.1, 0.15) is 18.4 Å². The van der Waals surface area contributed by atoms with Gasteiger partial charge in [-0.15, -0.1) is 11.3 Å². The van der Waals surface area contributed by atoms with E-state index in [1.165, 1.54) is 10.4 Å². The zero-order valence-corrected chi connectivity index (χ0v) is 9.67. The summed E-state index contributed by atoms with van der Waals surface area (Å²) in [7, 11) is 0. The number of nitrogens with one attached hydrogen (secondary N) is 1. The average molecular weight is 229 g/mol. The maximum Gasteiger partial charge on any atom is 0.231 e. The van der Waals surface area contributed by atoms with Crippen LogP contribution in [0.15, 0.2) is 35.7 Å². The number of carbonyl (C=O) groups is 1. The molecule has 1 N–H and O–H groups in total. The van der Waals surface area contributed by atoms with E-state index in [0.29, 0.717) is 0 Å². The summed E-state index contributed by atoms with van der Waals surface area (Å²) in [5, 5.41) is 4.95. The first-order valence-corrected chi connectivity index (χ1v) is 6.12. The van der Waals surface area contributed by atoms with Gasteiger partial charge in [0, 0.05) is 10.6 Å². The van der Waals surface area contributed by atoms with Crippen molar-refractivity contribution in [3.8, 4) is 10.4 Å². The molecule has 1 unspecified atom stereocenters. The molecule has 0 saturated heterocycles. The Bertz CT molecular complexity index is 545. The van der Waals surface area contributed by atoms with Gasteiger partial charge in [-0.05, 0) is 41.6 Å². The summed E-state index contributed by atoms with van der Waals surface area (Å²) in [6, 6.07) is 10.3.